The molecule has 2 bridgehead atoms. The molecule has 2 fully saturated rings. The molecule has 3 aromatic rings. The Kier molecular flexibility index (Phi) is 4.39. The van der Waals surface area contributed by atoms with Crippen LogP contribution in [-0.2, 0) is 0 Å². The summed E-state index contributed by atoms with van der Waals surface area (Å²) in [6, 6.07) is 17.0. The van der Waals surface area contributed by atoms with Crippen molar-refractivity contribution in [2.75, 3.05) is 0 Å². The van der Waals surface area contributed by atoms with Crippen LogP contribution >= 0.6 is 0 Å². The fourth-order valence-corrected chi connectivity index (χ4v) is 5.26. The minimum absolute atomic E-state index is 0.0440. The quantitative estimate of drug-likeness (QED) is 0.664. The molecule has 1 unspecified atom stereocenters. The maximum Gasteiger partial charge on any atom is 0.254 e. The number of carbonyl (C=O) groups excluding carboxylic acids is 1. The first kappa shape index (κ1) is 18.3. The Morgan fingerprint density at radius 1 is 1.00 bits per heavy atom. The van der Waals surface area contributed by atoms with Gasteiger partial charge < -0.3 is 10.0 Å². The number of piperidine rings is 1. The molecule has 3 nitrogen and oxygen atoms in total. The highest BCUT2D eigenvalue weighted by Crippen LogP contribution is 2.38. The number of hydrogen-bond acceptors (Lipinski definition) is 2. The van der Waals surface area contributed by atoms with Gasteiger partial charge in [-0.25, -0.2) is 4.39 Å². The molecule has 4 heteroatoms. The lowest BCUT2D eigenvalue weighted by molar-refractivity contribution is 0.0288. The zero-order chi connectivity index (χ0) is 20.1. The van der Waals surface area contributed by atoms with Gasteiger partial charge in [0.25, 0.3) is 5.91 Å². The number of rotatable bonds is 2. The van der Waals surface area contributed by atoms with E-state index in [9.17, 15) is 14.3 Å². The molecular weight excluding hydrogens is 365 g/mol. The Balaban J connectivity index is 1.61. The van der Waals surface area contributed by atoms with Crippen LogP contribution < -0.4 is 0 Å². The van der Waals surface area contributed by atoms with Crippen LogP contribution in [0.25, 0.3) is 21.9 Å². The van der Waals surface area contributed by atoms with Crippen LogP contribution in [0.15, 0.2) is 54.6 Å². The summed E-state index contributed by atoms with van der Waals surface area (Å²) < 4.78 is 14.0. The minimum Gasteiger partial charge on any atom is -0.393 e. The predicted molar refractivity (Wildman–Crippen MR) is 112 cm³/mol. The van der Waals surface area contributed by atoms with E-state index in [0.29, 0.717) is 18.4 Å². The molecule has 0 aliphatic carbocycles. The van der Waals surface area contributed by atoms with Crippen LogP contribution in [0.4, 0.5) is 4.39 Å². The van der Waals surface area contributed by atoms with Crippen molar-refractivity contribution in [3.8, 4) is 11.1 Å². The summed E-state index contributed by atoms with van der Waals surface area (Å²) in [4.78, 5) is 15.5. The first-order valence-electron chi connectivity index (χ1n) is 10.3. The van der Waals surface area contributed by atoms with Gasteiger partial charge in [0, 0.05) is 17.6 Å². The van der Waals surface area contributed by atoms with Crippen molar-refractivity contribution < 1.29 is 14.3 Å². The zero-order valence-corrected chi connectivity index (χ0v) is 16.4. The molecule has 2 aliphatic heterocycles. The van der Waals surface area contributed by atoms with Crippen LogP contribution in [0, 0.1) is 12.7 Å². The SMILES string of the molecule is Cc1cc(F)cc(-c2cccc3c(C(=O)N4[C@@H]5CC[C@H]4CC(O)C5)cccc23)c1. The number of hydrogen-bond donors (Lipinski definition) is 1. The molecule has 3 atom stereocenters. The predicted octanol–water partition coefficient (Wildman–Crippen LogP) is 5.08. The van der Waals surface area contributed by atoms with E-state index < -0.39 is 0 Å². The fraction of sp³-hybridized carbons (Fsp3) is 0.320. The number of amides is 1. The Labute approximate surface area is 169 Å². The largest absolute Gasteiger partial charge is 0.393 e. The van der Waals surface area contributed by atoms with E-state index in [1.807, 2.05) is 54.3 Å². The third-order valence-electron chi connectivity index (χ3n) is 6.45. The van der Waals surface area contributed by atoms with Crippen molar-refractivity contribution in [2.45, 2.75) is 50.8 Å². The summed E-state index contributed by atoms with van der Waals surface area (Å²) in [6.07, 6.45) is 2.96. The van der Waals surface area contributed by atoms with E-state index >= 15 is 0 Å². The van der Waals surface area contributed by atoms with Gasteiger partial charge in [-0.1, -0.05) is 36.4 Å². The van der Waals surface area contributed by atoms with Crippen molar-refractivity contribution in [2.24, 2.45) is 0 Å². The molecule has 2 saturated heterocycles. The lowest BCUT2D eigenvalue weighted by Crippen LogP contribution is -2.48. The maximum absolute atomic E-state index is 14.0. The summed E-state index contributed by atoms with van der Waals surface area (Å²) in [5.41, 5.74) is 3.30. The normalized spacial score (nSPS) is 23.6. The van der Waals surface area contributed by atoms with Crippen molar-refractivity contribution in [3.63, 3.8) is 0 Å². The molecule has 5 rings (SSSR count). The Hall–Kier alpha value is -2.72. The second-order valence-electron chi connectivity index (χ2n) is 8.45. The fourth-order valence-electron chi connectivity index (χ4n) is 5.26. The molecule has 1 N–H and O–H groups in total. The minimum atomic E-state index is -0.299. The van der Waals surface area contributed by atoms with Crippen LogP contribution in [0.2, 0.25) is 0 Å². The number of halogens is 1. The third kappa shape index (κ3) is 3.12. The van der Waals surface area contributed by atoms with Gasteiger partial charge >= 0.3 is 0 Å². The van der Waals surface area contributed by atoms with Gasteiger partial charge in [0.05, 0.1) is 6.10 Å². The lowest BCUT2D eigenvalue weighted by atomic mass is 9.93. The Morgan fingerprint density at radius 3 is 2.41 bits per heavy atom. The molecule has 29 heavy (non-hydrogen) atoms. The van der Waals surface area contributed by atoms with Gasteiger partial charge in [-0.2, -0.15) is 0 Å². The summed E-state index contributed by atoms with van der Waals surface area (Å²) >= 11 is 0. The number of benzene rings is 3. The number of nitrogens with zero attached hydrogens (tertiary/aromatic N) is 1. The lowest BCUT2D eigenvalue weighted by Gasteiger charge is -2.37. The van der Waals surface area contributed by atoms with Crippen molar-refractivity contribution in [1.29, 1.82) is 0 Å². The van der Waals surface area contributed by atoms with E-state index in [0.717, 1.165) is 40.3 Å². The topological polar surface area (TPSA) is 40.5 Å². The Bertz CT molecular complexity index is 1070. The molecule has 0 saturated carbocycles. The number of aliphatic hydroxyl groups excluding tert-OH is 1. The molecule has 0 aromatic heterocycles. The number of carbonyl (C=O) groups is 1. The van der Waals surface area contributed by atoms with Gasteiger partial charge in [-0.3, -0.25) is 4.79 Å². The molecule has 0 spiro atoms. The summed E-state index contributed by atoms with van der Waals surface area (Å²) in [6.45, 7) is 1.88. The molecule has 148 valence electrons. The average Bonchev–Trinajstić information content (AvgIpc) is 2.97. The smallest absolute Gasteiger partial charge is 0.254 e. The number of aliphatic hydroxyl groups is 1. The highest BCUT2D eigenvalue weighted by atomic mass is 19.1. The second kappa shape index (κ2) is 6.96. The van der Waals surface area contributed by atoms with Crippen molar-refractivity contribution >= 4 is 16.7 Å². The first-order chi connectivity index (χ1) is 14.0. The monoisotopic (exact) mass is 389 g/mol. The zero-order valence-electron chi connectivity index (χ0n) is 16.4. The number of fused-ring (bicyclic) bond motifs is 3. The summed E-state index contributed by atoms with van der Waals surface area (Å²) in [5.74, 6) is -0.213. The van der Waals surface area contributed by atoms with Gasteiger partial charge in [0.15, 0.2) is 0 Å². The van der Waals surface area contributed by atoms with E-state index in [2.05, 4.69) is 0 Å². The summed E-state index contributed by atoms with van der Waals surface area (Å²) in [5, 5.41) is 11.9. The van der Waals surface area contributed by atoms with E-state index in [4.69, 9.17) is 0 Å². The second-order valence-corrected chi connectivity index (χ2v) is 8.45. The molecular formula is C25H24FNO2. The number of aryl methyl sites for hydroxylation is 1. The molecule has 2 aliphatic rings. The van der Waals surface area contributed by atoms with Gasteiger partial charge in [0.2, 0.25) is 0 Å². The van der Waals surface area contributed by atoms with Gasteiger partial charge in [-0.15, -0.1) is 0 Å². The molecule has 3 aromatic carbocycles. The summed E-state index contributed by atoms with van der Waals surface area (Å²) in [7, 11) is 0. The van der Waals surface area contributed by atoms with Crippen LogP contribution in [0.3, 0.4) is 0 Å². The molecule has 1 amide bonds. The van der Waals surface area contributed by atoms with E-state index in [-0.39, 0.29) is 29.9 Å². The van der Waals surface area contributed by atoms with E-state index in [1.54, 1.807) is 6.07 Å². The third-order valence-corrected chi connectivity index (χ3v) is 6.45. The van der Waals surface area contributed by atoms with Crippen molar-refractivity contribution in [1.82, 2.24) is 4.90 Å². The van der Waals surface area contributed by atoms with Crippen LogP contribution in [0.5, 0.6) is 0 Å². The highest BCUT2D eigenvalue weighted by molar-refractivity contribution is 6.10. The highest BCUT2D eigenvalue weighted by Gasteiger charge is 2.43. The van der Waals surface area contributed by atoms with Crippen LogP contribution in [0.1, 0.15) is 41.6 Å². The standard InChI is InChI=1S/C25H24FNO2/c1-15-10-16(12-17(26)11-15)21-4-2-6-23-22(21)5-3-7-24(23)25(29)27-18-8-9-19(27)14-20(28)13-18/h2-7,10-12,18-20,28H,8-9,13-14H2,1H3/t18-,19+,20?. The van der Waals surface area contributed by atoms with E-state index in [1.165, 1.54) is 6.07 Å². The van der Waals surface area contributed by atoms with Crippen LogP contribution in [-0.4, -0.2) is 34.1 Å². The van der Waals surface area contributed by atoms with Gasteiger partial charge in [0.1, 0.15) is 5.82 Å². The first-order valence-corrected chi connectivity index (χ1v) is 10.3. The maximum atomic E-state index is 14.0. The Morgan fingerprint density at radius 2 is 1.69 bits per heavy atom. The average molecular weight is 389 g/mol. The molecule has 0 radical (unpaired) electrons. The van der Waals surface area contributed by atoms with Crippen molar-refractivity contribution in [3.05, 3.63) is 71.5 Å². The van der Waals surface area contributed by atoms with Gasteiger partial charge in [-0.05, 0) is 78.3 Å². The molecule has 2 heterocycles.